The zero-order chi connectivity index (χ0) is 16.2. The first-order valence-electron chi connectivity index (χ1n) is 7.27. The highest BCUT2D eigenvalue weighted by molar-refractivity contribution is 5.97. The Morgan fingerprint density at radius 3 is 2.61 bits per heavy atom. The largest absolute Gasteiger partial charge is 0.496 e. The first kappa shape index (κ1) is 15.0. The van der Waals surface area contributed by atoms with Gasteiger partial charge in [-0.25, -0.2) is 0 Å². The van der Waals surface area contributed by atoms with E-state index in [2.05, 4.69) is 9.97 Å². The monoisotopic (exact) mass is 307 g/mol. The maximum atomic E-state index is 12.6. The Bertz CT molecular complexity index is 848. The second-order valence-electron chi connectivity index (χ2n) is 5.23. The molecule has 5 nitrogen and oxygen atoms in total. The van der Waals surface area contributed by atoms with Gasteiger partial charge in [-0.1, -0.05) is 18.2 Å². The first-order valence-corrected chi connectivity index (χ1v) is 7.27. The van der Waals surface area contributed by atoms with Gasteiger partial charge >= 0.3 is 0 Å². The molecular formula is C18H17N3O2. The van der Waals surface area contributed by atoms with Gasteiger partial charge in [0.25, 0.3) is 5.91 Å². The normalized spacial score (nSPS) is 10.5. The van der Waals surface area contributed by atoms with Crippen LogP contribution in [0.5, 0.6) is 5.75 Å². The molecule has 0 atom stereocenters. The van der Waals surface area contributed by atoms with Crippen LogP contribution in [0.25, 0.3) is 11.0 Å². The zero-order valence-electron chi connectivity index (χ0n) is 13.1. The van der Waals surface area contributed by atoms with Crippen molar-refractivity contribution in [2.24, 2.45) is 0 Å². The van der Waals surface area contributed by atoms with Crippen LogP contribution >= 0.6 is 0 Å². The second kappa shape index (κ2) is 6.44. The molecule has 5 heteroatoms. The van der Waals surface area contributed by atoms with Crippen LogP contribution in [0.1, 0.15) is 15.9 Å². The number of methoxy groups -OCH3 is 1. The molecule has 0 aliphatic heterocycles. The van der Waals surface area contributed by atoms with Crippen LogP contribution in [-0.4, -0.2) is 34.9 Å². The van der Waals surface area contributed by atoms with Crippen molar-refractivity contribution in [1.82, 2.24) is 14.9 Å². The molecule has 116 valence electrons. The lowest BCUT2D eigenvalue weighted by atomic mass is 10.1. The van der Waals surface area contributed by atoms with Crippen LogP contribution < -0.4 is 4.74 Å². The highest BCUT2D eigenvalue weighted by Gasteiger charge is 2.14. The minimum Gasteiger partial charge on any atom is -0.496 e. The van der Waals surface area contributed by atoms with E-state index >= 15 is 0 Å². The second-order valence-corrected chi connectivity index (χ2v) is 5.23. The third-order valence-corrected chi connectivity index (χ3v) is 3.66. The van der Waals surface area contributed by atoms with E-state index in [4.69, 9.17) is 4.74 Å². The number of hydrogen-bond acceptors (Lipinski definition) is 4. The number of para-hydroxylation sites is 1. The van der Waals surface area contributed by atoms with E-state index in [-0.39, 0.29) is 5.91 Å². The Balaban J connectivity index is 1.83. The van der Waals surface area contributed by atoms with Crippen molar-refractivity contribution in [2.45, 2.75) is 6.54 Å². The molecule has 0 saturated carbocycles. The number of aromatic nitrogens is 2. The number of rotatable bonds is 4. The third-order valence-electron chi connectivity index (χ3n) is 3.66. The summed E-state index contributed by atoms with van der Waals surface area (Å²) in [6.45, 7) is 0.474. The SMILES string of the molecule is COc1ccccc1CN(C)C(=O)c1ccc2nccnc2c1. The van der Waals surface area contributed by atoms with Crippen molar-refractivity contribution in [2.75, 3.05) is 14.2 Å². The molecule has 0 unspecified atom stereocenters. The predicted molar refractivity (Wildman–Crippen MR) is 88.3 cm³/mol. The molecule has 0 N–H and O–H groups in total. The van der Waals surface area contributed by atoms with Crippen LogP contribution in [-0.2, 0) is 6.54 Å². The van der Waals surface area contributed by atoms with Crippen molar-refractivity contribution >= 4 is 16.9 Å². The fourth-order valence-corrected chi connectivity index (χ4v) is 2.48. The molecular weight excluding hydrogens is 290 g/mol. The van der Waals surface area contributed by atoms with Crippen molar-refractivity contribution in [3.05, 3.63) is 66.0 Å². The summed E-state index contributed by atoms with van der Waals surface area (Å²) in [6.07, 6.45) is 3.26. The fourth-order valence-electron chi connectivity index (χ4n) is 2.48. The van der Waals surface area contributed by atoms with Gasteiger partial charge in [0, 0.05) is 37.1 Å². The van der Waals surface area contributed by atoms with Gasteiger partial charge in [0.15, 0.2) is 0 Å². The number of carbonyl (C=O) groups is 1. The molecule has 2 aromatic carbocycles. The Kier molecular flexibility index (Phi) is 4.19. The van der Waals surface area contributed by atoms with Gasteiger partial charge in [-0.3, -0.25) is 14.8 Å². The summed E-state index contributed by atoms with van der Waals surface area (Å²) in [5.74, 6) is 0.708. The Hall–Kier alpha value is -2.95. The molecule has 3 rings (SSSR count). The number of hydrogen-bond donors (Lipinski definition) is 0. The third kappa shape index (κ3) is 3.13. The van der Waals surface area contributed by atoms with Gasteiger partial charge in [-0.15, -0.1) is 0 Å². The van der Waals surface area contributed by atoms with Crippen LogP contribution in [0.15, 0.2) is 54.9 Å². The van der Waals surface area contributed by atoms with Gasteiger partial charge < -0.3 is 9.64 Å². The summed E-state index contributed by atoms with van der Waals surface area (Å²) in [4.78, 5) is 22.7. The Morgan fingerprint density at radius 1 is 1.09 bits per heavy atom. The molecule has 1 heterocycles. The van der Waals surface area contributed by atoms with Crippen LogP contribution in [0.2, 0.25) is 0 Å². The summed E-state index contributed by atoms with van der Waals surface area (Å²) in [7, 11) is 3.40. The first-order chi connectivity index (χ1) is 11.2. The fraction of sp³-hybridized carbons (Fsp3) is 0.167. The van der Waals surface area contributed by atoms with Crippen molar-refractivity contribution in [1.29, 1.82) is 0 Å². The molecule has 3 aromatic rings. The van der Waals surface area contributed by atoms with Crippen molar-refractivity contribution in [3.8, 4) is 5.75 Å². The van der Waals surface area contributed by atoms with Crippen LogP contribution in [0.4, 0.5) is 0 Å². The molecule has 0 saturated heterocycles. The number of fused-ring (bicyclic) bond motifs is 1. The maximum Gasteiger partial charge on any atom is 0.253 e. The number of nitrogens with zero attached hydrogens (tertiary/aromatic N) is 3. The molecule has 0 radical (unpaired) electrons. The quantitative estimate of drug-likeness (QED) is 0.743. The molecule has 0 spiro atoms. The van der Waals surface area contributed by atoms with Gasteiger partial charge in [0.1, 0.15) is 5.75 Å². The minimum atomic E-state index is -0.0662. The van der Waals surface area contributed by atoms with Gasteiger partial charge in [-0.2, -0.15) is 0 Å². The Morgan fingerprint density at radius 2 is 1.83 bits per heavy atom. The number of amides is 1. The lowest BCUT2D eigenvalue weighted by Crippen LogP contribution is -2.26. The summed E-state index contributed by atoms with van der Waals surface area (Å²) >= 11 is 0. The average Bonchev–Trinajstić information content (AvgIpc) is 2.61. The zero-order valence-corrected chi connectivity index (χ0v) is 13.1. The van der Waals surface area contributed by atoms with Crippen molar-refractivity contribution < 1.29 is 9.53 Å². The molecule has 0 aliphatic carbocycles. The average molecular weight is 307 g/mol. The molecule has 23 heavy (non-hydrogen) atoms. The lowest BCUT2D eigenvalue weighted by Gasteiger charge is -2.19. The molecule has 1 aromatic heterocycles. The molecule has 0 bridgehead atoms. The summed E-state index contributed by atoms with van der Waals surface area (Å²) < 4.78 is 5.33. The van der Waals surface area contributed by atoms with E-state index in [1.165, 1.54) is 0 Å². The lowest BCUT2D eigenvalue weighted by molar-refractivity contribution is 0.0784. The van der Waals surface area contributed by atoms with E-state index in [1.807, 2.05) is 30.3 Å². The van der Waals surface area contributed by atoms with Crippen LogP contribution in [0, 0.1) is 0 Å². The van der Waals surface area contributed by atoms with E-state index in [1.54, 1.807) is 43.6 Å². The summed E-state index contributed by atoms with van der Waals surface area (Å²) in [5.41, 5.74) is 3.04. The summed E-state index contributed by atoms with van der Waals surface area (Å²) in [5, 5.41) is 0. The molecule has 0 aliphatic rings. The standard InChI is InChI=1S/C18H17N3O2/c1-21(12-14-5-3-4-6-17(14)23-2)18(22)13-7-8-15-16(11-13)20-10-9-19-15/h3-11H,12H2,1-2H3. The van der Waals surface area contributed by atoms with Crippen molar-refractivity contribution in [3.63, 3.8) is 0 Å². The highest BCUT2D eigenvalue weighted by Crippen LogP contribution is 2.20. The van der Waals surface area contributed by atoms with E-state index < -0.39 is 0 Å². The number of carbonyl (C=O) groups excluding carboxylic acids is 1. The van der Waals surface area contributed by atoms with Gasteiger partial charge in [0.05, 0.1) is 18.1 Å². The smallest absolute Gasteiger partial charge is 0.253 e. The highest BCUT2D eigenvalue weighted by atomic mass is 16.5. The number of benzene rings is 2. The molecule has 1 amide bonds. The van der Waals surface area contributed by atoms with Gasteiger partial charge in [-0.05, 0) is 24.3 Å². The maximum absolute atomic E-state index is 12.6. The predicted octanol–water partition coefficient (Wildman–Crippen LogP) is 2.91. The molecule has 0 fully saturated rings. The van der Waals surface area contributed by atoms with Crippen LogP contribution in [0.3, 0.4) is 0 Å². The Labute approximate surface area is 134 Å². The van der Waals surface area contributed by atoms with E-state index in [0.29, 0.717) is 17.6 Å². The van der Waals surface area contributed by atoms with E-state index in [9.17, 15) is 4.79 Å². The minimum absolute atomic E-state index is 0.0662. The summed E-state index contributed by atoms with van der Waals surface area (Å²) in [6, 6.07) is 13.0. The van der Waals surface area contributed by atoms with Gasteiger partial charge in [0.2, 0.25) is 0 Å². The van der Waals surface area contributed by atoms with E-state index in [0.717, 1.165) is 16.8 Å². The number of ether oxygens (including phenoxy) is 1. The topological polar surface area (TPSA) is 55.3 Å².